The maximum atomic E-state index is 14.6. The Balaban J connectivity index is 1.94. The van der Waals surface area contributed by atoms with Crippen molar-refractivity contribution in [3.8, 4) is 17.2 Å². The molecule has 0 bridgehead atoms. The van der Waals surface area contributed by atoms with E-state index in [0.717, 1.165) is 12.1 Å². The summed E-state index contributed by atoms with van der Waals surface area (Å²) in [6, 6.07) is 8.78. The number of hydrogen-bond donors (Lipinski definition) is 2. The molecule has 0 heterocycles. The molecule has 0 atom stereocenters. The zero-order valence-electron chi connectivity index (χ0n) is 19.5. The first-order chi connectivity index (χ1) is 17.2. The fourth-order valence-corrected chi connectivity index (χ4v) is 3.66. The topological polar surface area (TPSA) is 85.9 Å². The van der Waals surface area contributed by atoms with E-state index in [0.29, 0.717) is 0 Å². The monoisotopic (exact) mass is 538 g/mol. The molecule has 0 spiro atoms. The van der Waals surface area contributed by atoms with Crippen molar-refractivity contribution in [2.75, 3.05) is 31.0 Å². The Hall–Kier alpha value is -3.56. The summed E-state index contributed by atoms with van der Waals surface area (Å²) < 4.78 is 45.1. The molecule has 190 valence electrons. The van der Waals surface area contributed by atoms with Crippen molar-refractivity contribution in [2.24, 2.45) is 0 Å². The molecule has 0 radical (unpaired) electrons. The zero-order valence-corrected chi connectivity index (χ0v) is 21.0. The standard InChI is InChI=1S/C25H22Cl2F2N2O5/c1-4-35-20-11-14(26)9-17(28)22(20)30-24(32)13-6-7-19(34-3)16(8-13)25(33)31-23-18(29)10-15(27)12-21(23)36-5-2/h6-12H,4-5H2,1-3H3,(H,30,32)(H,31,33). The molecule has 7 nitrogen and oxygen atoms in total. The van der Waals surface area contributed by atoms with Gasteiger partial charge in [0.25, 0.3) is 11.8 Å². The predicted molar refractivity (Wildman–Crippen MR) is 134 cm³/mol. The summed E-state index contributed by atoms with van der Waals surface area (Å²) in [5.41, 5.74) is -0.520. The van der Waals surface area contributed by atoms with Crippen LogP contribution in [0.25, 0.3) is 0 Å². The second-order valence-electron chi connectivity index (χ2n) is 7.21. The molecule has 3 aromatic carbocycles. The van der Waals surface area contributed by atoms with Crippen LogP contribution in [0.15, 0.2) is 42.5 Å². The number of benzene rings is 3. The van der Waals surface area contributed by atoms with Gasteiger partial charge in [0, 0.05) is 27.7 Å². The molecule has 3 aromatic rings. The summed E-state index contributed by atoms with van der Waals surface area (Å²) in [5.74, 6) is -2.93. The molecule has 0 unspecified atom stereocenters. The molecule has 2 amide bonds. The largest absolute Gasteiger partial charge is 0.496 e. The first kappa shape index (κ1) is 27.0. The molecule has 11 heteroatoms. The van der Waals surface area contributed by atoms with Gasteiger partial charge in [-0.2, -0.15) is 0 Å². The molecular formula is C25H22Cl2F2N2O5. The van der Waals surface area contributed by atoms with Crippen molar-refractivity contribution >= 4 is 46.4 Å². The van der Waals surface area contributed by atoms with Crippen LogP contribution in [0.1, 0.15) is 34.6 Å². The summed E-state index contributed by atoms with van der Waals surface area (Å²) in [5, 5.41) is 5.06. The fraction of sp³-hybridized carbons (Fsp3) is 0.200. The zero-order chi connectivity index (χ0) is 26.4. The minimum absolute atomic E-state index is 0.000594. The van der Waals surface area contributed by atoms with Gasteiger partial charge in [0.15, 0.2) is 11.6 Å². The second kappa shape index (κ2) is 11.9. The first-order valence-electron chi connectivity index (χ1n) is 10.7. The van der Waals surface area contributed by atoms with Gasteiger partial charge in [-0.3, -0.25) is 9.59 Å². The summed E-state index contributed by atoms with van der Waals surface area (Å²) in [7, 11) is 1.33. The number of carbonyl (C=O) groups excluding carboxylic acids is 2. The lowest BCUT2D eigenvalue weighted by molar-refractivity contribution is 0.102. The number of carbonyl (C=O) groups is 2. The molecule has 0 aliphatic carbocycles. The van der Waals surface area contributed by atoms with Gasteiger partial charge >= 0.3 is 0 Å². The second-order valence-corrected chi connectivity index (χ2v) is 8.08. The maximum absolute atomic E-state index is 14.6. The van der Waals surface area contributed by atoms with Gasteiger partial charge in [-0.05, 0) is 44.2 Å². The molecule has 0 aliphatic rings. The third-order valence-corrected chi connectivity index (χ3v) is 5.26. The van der Waals surface area contributed by atoms with E-state index in [1.807, 2.05) is 0 Å². The van der Waals surface area contributed by atoms with Crippen LogP contribution in [0.3, 0.4) is 0 Å². The van der Waals surface area contributed by atoms with Crippen molar-refractivity contribution in [2.45, 2.75) is 13.8 Å². The van der Waals surface area contributed by atoms with Crippen molar-refractivity contribution in [3.05, 3.63) is 75.3 Å². The highest BCUT2D eigenvalue weighted by Gasteiger charge is 2.22. The lowest BCUT2D eigenvalue weighted by atomic mass is 10.1. The van der Waals surface area contributed by atoms with E-state index in [-0.39, 0.29) is 63.0 Å². The summed E-state index contributed by atoms with van der Waals surface area (Å²) in [4.78, 5) is 26.0. The Kier molecular flexibility index (Phi) is 8.95. The van der Waals surface area contributed by atoms with E-state index in [1.54, 1.807) is 13.8 Å². The normalized spacial score (nSPS) is 10.5. The van der Waals surface area contributed by atoms with Crippen LogP contribution < -0.4 is 24.8 Å². The van der Waals surface area contributed by atoms with Crippen LogP contribution in [0.5, 0.6) is 17.2 Å². The molecule has 3 rings (SSSR count). The molecule has 0 saturated carbocycles. The number of hydrogen-bond acceptors (Lipinski definition) is 5. The summed E-state index contributed by atoms with van der Waals surface area (Å²) in [6.07, 6.45) is 0. The van der Waals surface area contributed by atoms with Crippen molar-refractivity contribution in [1.82, 2.24) is 0 Å². The van der Waals surface area contributed by atoms with Gasteiger partial charge in [-0.25, -0.2) is 8.78 Å². The van der Waals surface area contributed by atoms with Gasteiger partial charge in [-0.1, -0.05) is 23.2 Å². The Morgan fingerprint density at radius 2 is 1.28 bits per heavy atom. The smallest absolute Gasteiger partial charge is 0.259 e. The van der Waals surface area contributed by atoms with E-state index >= 15 is 0 Å². The Morgan fingerprint density at radius 1 is 0.778 bits per heavy atom. The highest BCUT2D eigenvalue weighted by Crippen LogP contribution is 2.34. The number of anilines is 2. The van der Waals surface area contributed by atoms with Crippen LogP contribution in [-0.4, -0.2) is 32.1 Å². The van der Waals surface area contributed by atoms with Gasteiger partial charge in [0.2, 0.25) is 0 Å². The van der Waals surface area contributed by atoms with E-state index in [1.165, 1.54) is 37.4 Å². The molecule has 0 aliphatic heterocycles. The lowest BCUT2D eigenvalue weighted by Crippen LogP contribution is -2.18. The third kappa shape index (κ3) is 6.16. The number of rotatable bonds is 9. The Bertz CT molecular complexity index is 1300. The minimum atomic E-state index is -0.811. The number of nitrogens with one attached hydrogen (secondary N) is 2. The molecule has 0 fully saturated rings. The number of ether oxygens (including phenoxy) is 3. The van der Waals surface area contributed by atoms with Gasteiger partial charge < -0.3 is 24.8 Å². The highest BCUT2D eigenvalue weighted by atomic mass is 35.5. The Morgan fingerprint density at radius 3 is 1.75 bits per heavy atom. The summed E-state index contributed by atoms with van der Waals surface area (Å²) in [6.45, 7) is 3.79. The van der Waals surface area contributed by atoms with E-state index in [4.69, 9.17) is 37.4 Å². The van der Waals surface area contributed by atoms with Crippen LogP contribution in [0.2, 0.25) is 10.0 Å². The van der Waals surface area contributed by atoms with Crippen molar-refractivity contribution in [3.63, 3.8) is 0 Å². The number of amides is 2. The average molecular weight is 539 g/mol. The van der Waals surface area contributed by atoms with Crippen LogP contribution in [0, 0.1) is 11.6 Å². The molecule has 0 aromatic heterocycles. The highest BCUT2D eigenvalue weighted by molar-refractivity contribution is 6.31. The SMILES string of the molecule is CCOc1cc(Cl)cc(F)c1NC(=O)c1ccc(OC)c(C(=O)Nc2c(F)cc(Cl)cc2OCC)c1. The van der Waals surface area contributed by atoms with Crippen LogP contribution in [-0.2, 0) is 0 Å². The molecule has 2 N–H and O–H groups in total. The Labute approximate surface area is 216 Å². The van der Waals surface area contributed by atoms with Crippen molar-refractivity contribution < 1.29 is 32.6 Å². The average Bonchev–Trinajstić information content (AvgIpc) is 2.83. The first-order valence-corrected chi connectivity index (χ1v) is 11.5. The molecule has 36 heavy (non-hydrogen) atoms. The number of methoxy groups -OCH3 is 1. The van der Waals surface area contributed by atoms with Crippen LogP contribution in [0.4, 0.5) is 20.2 Å². The van der Waals surface area contributed by atoms with Gasteiger partial charge in [0.05, 0.1) is 25.9 Å². The van der Waals surface area contributed by atoms with E-state index in [2.05, 4.69) is 10.6 Å². The van der Waals surface area contributed by atoms with Gasteiger partial charge in [0.1, 0.15) is 28.6 Å². The third-order valence-electron chi connectivity index (χ3n) is 4.82. The molecular weight excluding hydrogens is 517 g/mol. The maximum Gasteiger partial charge on any atom is 0.259 e. The van der Waals surface area contributed by atoms with E-state index < -0.39 is 23.4 Å². The predicted octanol–water partition coefficient (Wildman–Crippen LogP) is 6.58. The quantitative estimate of drug-likeness (QED) is 0.321. The fourth-order valence-electron chi connectivity index (χ4n) is 3.27. The summed E-state index contributed by atoms with van der Waals surface area (Å²) >= 11 is 11.8. The van der Waals surface area contributed by atoms with E-state index in [9.17, 15) is 18.4 Å². The molecule has 0 saturated heterocycles. The number of halogens is 4. The van der Waals surface area contributed by atoms with Crippen LogP contribution >= 0.6 is 23.2 Å². The minimum Gasteiger partial charge on any atom is -0.496 e. The van der Waals surface area contributed by atoms with Crippen molar-refractivity contribution in [1.29, 1.82) is 0 Å². The van der Waals surface area contributed by atoms with Gasteiger partial charge in [-0.15, -0.1) is 0 Å². The lowest BCUT2D eigenvalue weighted by Gasteiger charge is -2.16.